The SMILES string of the molecule is O=c1n(-c2ccc(OCCn3cnc(Cl)c3Cl)cc2)ccn1-c1ccc(OC2CCCC2)cc1. The number of ether oxygens (including phenoxy) is 2. The first-order valence-electron chi connectivity index (χ1n) is 11.2. The van der Waals surface area contributed by atoms with Crippen LogP contribution in [0, 0.1) is 0 Å². The molecule has 1 fully saturated rings. The molecule has 0 spiro atoms. The van der Waals surface area contributed by atoms with Crippen molar-refractivity contribution >= 4 is 23.2 Å². The van der Waals surface area contributed by atoms with Crippen LogP contribution < -0.4 is 15.2 Å². The second-order valence-electron chi connectivity index (χ2n) is 8.20. The van der Waals surface area contributed by atoms with Gasteiger partial charge in [-0.2, -0.15) is 0 Å². The Balaban J connectivity index is 1.23. The van der Waals surface area contributed by atoms with Crippen molar-refractivity contribution in [3.63, 3.8) is 0 Å². The Morgan fingerprint density at radius 3 is 2.03 bits per heavy atom. The van der Waals surface area contributed by atoms with Crippen LogP contribution in [0.2, 0.25) is 10.3 Å². The minimum atomic E-state index is -0.148. The molecule has 2 aromatic heterocycles. The zero-order chi connectivity index (χ0) is 23.5. The molecule has 34 heavy (non-hydrogen) atoms. The molecule has 2 heterocycles. The average Bonchev–Trinajstić information content (AvgIpc) is 3.58. The molecule has 1 aliphatic rings. The maximum absolute atomic E-state index is 13.0. The molecule has 0 radical (unpaired) electrons. The molecule has 2 aromatic carbocycles. The van der Waals surface area contributed by atoms with Gasteiger partial charge in [-0.25, -0.2) is 9.78 Å². The fourth-order valence-electron chi connectivity index (χ4n) is 4.12. The highest BCUT2D eigenvalue weighted by Gasteiger charge is 2.16. The summed E-state index contributed by atoms with van der Waals surface area (Å²) >= 11 is 11.9. The van der Waals surface area contributed by atoms with Crippen LogP contribution >= 0.6 is 23.2 Å². The number of halogens is 2. The lowest BCUT2D eigenvalue weighted by Crippen LogP contribution is -2.21. The van der Waals surface area contributed by atoms with E-state index in [1.165, 1.54) is 12.8 Å². The Morgan fingerprint density at radius 1 is 0.882 bits per heavy atom. The van der Waals surface area contributed by atoms with Gasteiger partial charge in [0.15, 0.2) is 5.15 Å². The van der Waals surface area contributed by atoms with Crippen LogP contribution in [-0.4, -0.2) is 31.4 Å². The van der Waals surface area contributed by atoms with Gasteiger partial charge in [0.2, 0.25) is 0 Å². The van der Waals surface area contributed by atoms with Gasteiger partial charge in [0, 0.05) is 12.4 Å². The summed E-state index contributed by atoms with van der Waals surface area (Å²) in [7, 11) is 0. The fraction of sp³-hybridized carbons (Fsp3) is 0.280. The molecule has 5 rings (SSSR count). The molecule has 0 amide bonds. The van der Waals surface area contributed by atoms with E-state index in [-0.39, 0.29) is 10.8 Å². The third kappa shape index (κ3) is 4.86. The van der Waals surface area contributed by atoms with Crippen molar-refractivity contribution in [2.24, 2.45) is 0 Å². The molecule has 1 aliphatic carbocycles. The molecule has 9 heteroatoms. The van der Waals surface area contributed by atoms with E-state index in [0.717, 1.165) is 30.0 Å². The van der Waals surface area contributed by atoms with Crippen molar-refractivity contribution < 1.29 is 9.47 Å². The molecule has 4 aromatic rings. The van der Waals surface area contributed by atoms with Crippen LogP contribution in [0.15, 0.2) is 72.0 Å². The summed E-state index contributed by atoms with van der Waals surface area (Å²) in [6.07, 6.45) is 10.1. The van der Waals surface area contributed by atoms with E-state index in [9.17, 15) is 4.79 Å². The van der Waals surface area contributed by atoms with E-state index in [4.69, 9.17) is 32.7 Å². The number of benzene rings is 2. The van der Waals surface area contributed by atoms with Gasteiger partial charge in [0.25, 0.3) is 0 Å². The predicted molar refractivity (Wildman–Crippen MR) is 132 cm³/mol. The van der Waals surface area contributed by atoms with Crippen LogP contribution in [0.4, 0.5) is 0 Å². The maximum atomic E-state index is 13.0. The molecule has 0 atom stereocenters. The summed E-state index contributed by atoms with van der Waals surface area (Å²) in [4.78, 5) is 17.0. The molecule has 176 valence electrons. The van der Waals surface area contributed by atoms with E-state index in [1.54, 1.807) is 32.4 Å². The second-order valence-corrected chi connectivity index (χ2v) is 8.92. The summed E-state index contributed by atoms with van der Waals surface area (Å²) in [5, 5.41) is 0.664. The van der Waals surface area contributed by atoms with Crippen LogP contribution in [-0.2, 0) is 6.54 Å². The van der Waals surface area contributed by atoms with E-state index in [2.05, 4.69) is 4.98 Å². The standard InChI is InChI=1S/C25H24Cl2N4O3/c26-23-24(27)29(17-28-23)15-16-33-20-9-5-18(6-10-20)30-13-14-31(25(30)32)19-7-11-22(12-8-19)34-21-3-1-2-4-21/h5-14,17,21H,1-4,15-16H2. The zero-order valence-corrected chi connectivity index (χ0v) is 20.0. The lowest BCUT2D eigenvalue weighted by molar-refractivity contribution is 0.210. The summed E-state index contributed by atoms with van der Waals surface area (Å²) < 4.78 is 16.7. The molecule has 0 unspecified atom stereocenters. The Bertz CT molecular complexity index is 1300. The highest BCUT2D eigenvalue weighted by Crippen LogP contribution is 2.25. The Morgan fingerprint density at radius 2 is 1.47 bits per heavy atom. The molecule has 0 aliphatic heterocycles. The number of hydrogen-bond donors (Lipinski definition) is 0. The Hall–Kier alpha value is -3.16. The third-order valence-corrected chi connectivity index (χ3v) is 6.71. The number of rotatable bonds is 8. The molecule has 0 saturated heterocycles. The highest BCUT2D eigenvalue weighted by atomic mass is 35.5. The van der Waals surface area contributed by atoms with Crippen molar-refractivity contribution in [2.45, 2.75) is 38.3 Å². The lowest BCUT2D eigenvalue weighted by Gasteiger charge is -2.13. The quantitative estimate of drug-likeness (QED) is 0.320. The van der Waals surface area contributed by atoms with Gasteiger partial charge in [-0.05, 0) is 74.2 Å². The first-order valence-corrected chi connectivity index (χ1v) is 12.0. The van der Waals surface area contributed by atoms with Crippen molar-refractivity contribution in [3.05, 3.63) is 88.0 Å². The second kappa shape index (κ2) is 9.99. The van der Waals surface area contributed by atoms with Crippen molar-refractivity contribution in [2.75, 3.05) is 6.61 Å². The first kappa shape index (κ1) is 22.6. The highest BCUT2D eigenvalue weighted by molar-refractivity contribution is 6.40. The van der Waals surface area contributed by atoms with E-state index < -0.39 is 0 Å². The Kier molecular flexibility index (Phi) is 6.65. The molecule has 0 N–H and O–H groups in total. The van der Waals surface area contributed by atoms with Crippen LogP contribution in [0.1, 0.15) is 25.7 Å². The minimum Gasteiger partial charge on any atom is -0.492 e. The van der Waals surface area contributed by atoms with Crippen molar-refractivity contribution in [3.8, 4) is 22.9 Å². The normalized spacial score (nSPS) is 13.9. The van der Waals surface area contributed by atoms with E-state index in [1.807, 2.05) is 48.5 Å². The van der Waals surface area contributed by atoms with Gasteiger partial charge >= 0.3 is 5.69 Å². The van der Waals surface area contributed by atoms with Gasteiger partial charge < -0.3 is 14.0 Å². The largest absolute Gasteiger partial charge is 0.492 e. The summed E-state index contributed by atoms with van der Waals surface area (Å²) in [6.45, 7) is 0.926. The number of nitrogens with zero attached hydrogens (tertiary/aromatic N) is 4. The van der Waals surface area contributed by atoms with Gasteiger partial charge in [0.05, 0.1) is 30.4 Å². The van der Waals surface area contributed by atoms with Crippen LogP contribution in [0.5, 0.6) is 11.5 Å². The van der Waals surface area contributed by atoms with E-state index in [0.29, 0.717) is 30.2 Å². The summed E-state index contributed by atoms with van der Waals surface area (Å²) in [5.41, 5.74) is 1.40. The predicted octanol–water partition coefficient (Wildman–Crippen LogP) is 5.53. The number of aromatic nitrogens is 4. The third-order valence-electron chi connectivity index (χ3n) is 5.95. The van der Waals surface area contributed by atoms with Gasteiger partial charge in [0.1, 0.15) is 23.3 Å². The minimum absolute atomic E-state index is 0.148. The lowest BCUT2D eigenvalue weighted by atomic mass is 10.2. The maximum Gasteiger partial charge on any atom is 0.337 e. The van der Waals surface area contributed by atoms with Crippen molar-refractivity contribution in [1.82, 2.24) is 18.7 Å². The molecule has 7 nitrogen and oxygen atoms in total. The summed E-state index contributed by atoms with van der Waals surface area (Å²) in [5.74, 6) is 1.54. The molecular weight excluding hydrogens is 475 g/mol. The zero-order valence-electron chi connectivity index (χ0n) is 18.4. The Labute approximate surface area is 207 Å². The van der Waals surface area contributed by atoms with Gasteiger partial charge in [-0.15, -0.1) is 0 Å². The monoisotopic (exact) mass is 498 g/mol. The topological polar surface area (TPSA) is 63.2 Å². The van der Waals surface area contributed by atoms with Gasteiger partial charge in [-0.1, -0.05) is 23.2 Å². The van der Waals surface area contributed by atoms with E-state index >= 15 is 0 Å². The van der Waals surface area contributed by atoms with Crippen LogP contribution in [0.3, 0.4) is 0 Å². The molecule has 1 saturated carbocycles. The smallest absolute Gasteiger partial charge is 0.337 e. The van der Waals surface area contributed by atoms with Gasteiger partial charge in [-0.3, -0.25) is 9.13 Å². The number of hydrogen-bond acceptors (Lipinski definition) is 4. The fourth-order valence-corrected chi connectivity index (χ4v) is 4.45. The average molecular weight is 499 g/mol. The molecular formula is C25H24Cl2N4O3. The summed E-state index contributed by atoms with van der Waals surface area (Å²) in [6, 6.07) is 15.0. The van der Waals surface area contributed by atoms with Crippen LogP contribution in [0.25, 0.3) is 11.4 Å². The number of imidazole rings is 2. The first-order chi connectivity index (χ1) is 16.6. The van der Waals surface area contributed by atoms with Crippen molar-refractivity contribution in [1.29, 1.82) is 0 Å². The molecule has 0 bridgehead atoms.